The average molecular weight is 288 g/mol. The van der Waals surface area contributed by atoms with Gasteiger partial charge in [-0.05, 0) is 31.7 Å². The van der Waals surface area contributed by atoms with Gasteiger partial charge in [-0.15, -0.1) is 0 Å². The molecule has 0 bridgehead atoms. The minimum atomic E-state index is 0.217. The van der Waals surface area contributed by atoms with Crippen LogP contribution in [0.5, 0.6) is 0 Å². The molecule has 0 radical (unpaired) electrons. The normalized spacial score (nSPS) is 23.0. The molecule has 2 saturated heterocycles. The molecule has 5 nitrogen and oxygen atoms in total. The number of nitriles is 1. The second-order valence-corrected chi connectivity index (χ2v) is 6.07. The van der Waals surface area contributed by atoms with Crippen LogP contribution in [0.1, 0.15) is 44.2 Å². The van der Waals surface area contributed by atoms with Gasteiger partial charge in [0.25, 0.3) is 0 Å². The van der Waals surface area contributed by atoms with E-state index < -0.39 is 0 Å². The lowest BCUT2D eigenvalue weighted by Crippen LogP contribution is -2.29. The van der Waals surface area contributed by atoms with Crippen molar-refractivity contribution in [2.45, 2.75) is 51.2 Å². The van der Waals surface area contributed by atoms with Crippen LogP contribution in [-0.2, 0) is 11.3 Å². The van der Waals surface area contributed by atoms with Crippen LogP contribution in [0.25, 0.3) is 0 Å². The fourth-order valence-electron chi connectivity index (χ4n) is 3.46. The molecule has 2 aliphatic rings. The van der Waals surface area contributed by atoms with Gasteiger partial charge in [-0.3, -0.25) is 0 Å². The van der Waals surface area contributed by atoms with Crippen molar-refractivity contribution in [1.82, 2.24) is 4.57 Å². The third-order valence-corrected chi connectivity index (χ3v) is 4.53. The highest BCUT2D eigenvalue weighted by atomic mass is 16.5. The minimum Gasteiger partial charge on any atom is -0.396 e. The summed E-state index contributed by atoms with van der Waals surface area (Å²) < 4.78 is 7.82. The zero-order valence-electron chi connectivity index (χ0n) is 12.6. The first kappa shape index (κ1) is 14.3. The molecule has 0 amide bonds. The van der Waals surface area contributed by atoms with Crippen LogP contribution < -0.4 is 10.6 Å². The van der Waals surface area contributed by atoms with Gasteiger partial charge >= 0.3 is 0 Å². The molecule has 3 rings (SSSR count). The lowest BCUT2D eigenvalue weighted by atomic mass is 10.2. The number of nitrogens with two attached hydrogens (primary N) is 1. The molecule has 2 aliphatic heterocycles. The predicted octanol–water partition coefficient (Wildman–Crippen LogP) is 2.50. The first-order chi connectivity index (χ1) is 10.3. The summed E-state index contributed by atoms with van der Waals surface area (Å²) in [5, 5.41) is 9.40. The molecular weight excluding hydrogens is 264 g/mol. The number of ether oxygens (including phenoxy) is 1. The highest BCUT2D eigenvalue weighted by Gasteiger charge is 2.24. The van der Waals surface area contributed by atoms with E-state index in [9.17, 15) is 5.26 Å². The molecule has 1 aromatic rings. The molecule has 0 aliphatic carbocycles. The zero-order valence-corrected chi connectivity index (χ0v) is 12.6. The van der Waals surface area contributed by atoms with E-state index in [1.54, 1.807) is 0 Å². The molecule has 2 fully saturated rings. The van der Waals surface area contributed by atoms with Gasteiger partial charge in [0.2, 0.25) is 0 Å². The SMILES string of the molecule is N#Cc1cc(N)c(N2CCCCCC2)n1CC1CCCO1. The van der Waals surface area contributed by atoms with Gasteiger partial charge in [0.15, 0.2) is 0 Å². The molecule has 1 aromatic heterocycles. The topological polar surface area (TPSA) is 67.2 Å². The van der Waals surface area contributed by atoms with Crippen molar-refractivity contribution in [2.24, 2.45) is 0 Å². The highest BCUT2D eigenvalue weighted by molar-refractivity contribution is 5.68. The maximum atomic E-state index is 9.40. The molecule has 1 atom stereocenters. The number of hydrogen-bond donors (Lipinski definition) is 1. The van der Waals surface area contributed by atoms with Gasteiger partial charge in [0.05, 0.1) is 18.3 Å². The zero-order chi connectivity index (χ0) is 14.7. The van der Waals surface area contributed by atoms with Crippen LogP contribution in [0, 0.1) is 11.3 Å². The predicted molar refractivity (Wildman–Crippen MR) is 83.2 cm³/mol. The summed E-state index contributed by atoms with van der Waals surface area (Å²) in [5.41, 5.74) is 7.60. The molecule has 21 heavy (non-hydrogen) atoms. The summed E-state index contributed by atoms with van der Waals surface area (Å²) >= 11 is 0. The standard InChI is InChI=1S/C16H24N4O/c17-11-13-10-15(18)16(19-7-3-1-2-4-8-19)20(13)12-14-6-5-9-21-14/h10,14H,1-9,12,18H2. The van der Waals surface area contributed by atoms with Gasteiger partial charge in [-0.25, -0.2) is 0 Å². The summed E-state index contributed by atoms with van der Waals surface area (Å²) in [6.45, 7) is 3.64. The Balaban J connectivity index is 1.89. The van der Waals surface area contributed by atoms with Crippen LogP contribution in [0.2, 0.25) is 0 Å². The third-order valence-electron chi connectivity index (χ3n) is 4.53. The Morgan fingerprint density at radius 1 is 1.24 bits per heavy atom. The van der Waals surface area contributed by atoms with Crippen molar-refractivity contribution in [3.63, 3.8) is 0 Å². The molecule has 1 unspecified atom stereocenters. The van der Waals surface area contributed by atoms with Crippen LogP contribution in [0.3, 0.4) is 0 Å². The van der Waals surface area contributed by atoms with Gasteiger partial charge in [0.1, 0.15) is 17.6 Å². The van der Waals surface area contributed by atoms with Crippen molar-refractivity contribution in [1.29, 1.82) is 5.26 Å². The first-order valence-corrected chi connectivity index (χ1v) is 8.05. The van der Waals surface area contributed by atoms with Crippen molar-refractivity contribution in [3.8, 4) is 6.07 Å². The van der Waals surface area contributed by atoms with E-state index in [0.29, 0.717) is 5.69 Å². The van der Waals surface area contributed by atoms with Crippen molar-refractivity contribution >= 4 is 11.5 Å². The average Bonchev–Trinajstić information content (AvgIpc) is 3.00. The number of rotatable bonds is 3. The Labute approximate surface area is 126 Å². The van der Waals surface area contributed by atoms with E-state index in [-0.39, 0.29) is 6.10 Å². The van der Waals surface area contributed by atoms with E-state index in [1.165, 1.54) is 25.7 Å². The van der Waals surface area contributed by atoms with Gasteiger partial charge in [0, 0.05) is 19.7 Å². The van der Waals surface area contributed by atoms with Gasteiger partial charge in [-0.2, -0.15) is 5.26 Å². The minimum absolute atomic E-state index is 0.217. The second kappa shape index (κ2) is 6.40. The summed E-state index contributed by atoms with van der Waals surface area (Å²) in [7, 11) is 0. The van der Waals surface area contributed by atoms with E-state index in [2.05, 4.69) is 15.5 Å². The van der Waals surface area contributed by atoms with Crippen molar-refractivity contribution in [3.05, 3.63) is 11.8 Å². The summed E-state index contributed by atoms with van der Waals surface area (Å²) in [6, 6.07) is 4.10. The molecule has 114 valence electrons. The number of nitrogens with zero attached hydrogens (tertiary/aromatic N) is 3. The lowest BCUT2D eigenvalue weighted by molar-refractivity contribution is 0.0972. The van der Waals surface area contributed by atoms with Crippen LogP contribution in [0.15, 0.2) is 6.07 Å². The first-order valence-electron chi connectivity index (χ1n) is 8.05. The Morgan fingerprint density at radius 3 is 2.62 bits per heavy atom. The largest absolute Gasteiger partial charge is 0.396 e. The van der Waals surface area contributed by atoms with Crippen LogP contribution >= 0.6 is 0 Å². The quantitative estimate of drug-likeness (QED) is 0.928. The van der Waals surface area contributed by atoms with E-state index in [0.717, 1.165) is 50.6 Å². The molecule has 3 heterocycles. The van der Waals surface area contributed by atoms with Crippen molar-refractivity contribution < 1.29 is 4.74 Å². The Kier molecular flexibility index (Phi) is 4.35. The smallest absolute Gasteiger partial charge is 0.133 e. The van der Waals surface area contributed by atoms with Gasteiger partial charge < -0.3 is 19.9 Å². The summed E-state index contributed by atoms with van der Waals surface area (Å²) in [6.07, 6.45) is 7.38. The van der Waals surface area contributed by atoms with Crippen molar-refractivity contribution in [2.75, 3.05) is 30.3 Å². The molecule has 0 aromatic carbocycles. The molecule has 2 N–H and O–H groups in total. The summed E-state index contributed by atoms with van der Waals surface area (Å²) in [5.74, 6) is 1.03. The van der Waals surface area contributed by atoms with Gasteiger partial charge in [-0.1, -0.05) is 12.8 Å². The molecular formula is C16H24N4O. The fraction of sp³-hybridized carbons (Fsp3) is 0.688. The molecule has 0 saturated carbocycles. The molecule has 5 heteroatoms. The Hall–Kier alpha value is -1.67. The maximum Gasteiger partial charge on any atom is 0.133 e. The number of anilines is 2. The second-order valence-electron chi connectivity index (χ2n) is 6.07. The van der Waals surface area contributed by atoms with Crippen LogP contribution in [0.4, 0.5) is 11.5 Å². The summed E-state index contributed by atoms with van der Waals surface area (Å²) in [4.78, 5) is 2.36. The molecule has 0 spiro atoms. The number of nitrogen functional groups attached to an aromatic ring is 1. The van der Waals surface area contributed by atoms with E-state index in [1.807, 2.05) is 6.07 Å². The highest BCUT2D eigenvalue weighted by Crippen LogP contribution is 2.31. The Bertz CT molecular complexity index is 517. The number of hydrogen-bond acceptors (Lipinski definition) is 4. The van der Waals surface area contributed by atoms with E-state index in [4.69, 9.17) is 10.5 Å². The maximum absolute atomic E-state index is 9.40. The van der Waals surface area contributed by atoms with E-state index >= 15 is 0 Å². The number of aromatic nitrogens is 1. The third kappa shape index (κ3) is 3.01. The van der Waals surface area contributed by atoms with Crippen LogP contribution in [-0.4, -0.2) is 30.4 Å². The fourth-order valence-corrected chi connectivity index (χ4v) is 3.46. The monoisotopic (exact) mass is 288 g/mol. The Morgan fingerprint density at radius 2 is 2.00 bits per heavy atom. The lowest BCUT2D eigenvalue weighted by Gasteiger charge is -2.26.